The lowest BCUT2D eigenvalue weighted by atomic mass is 10.0. The Morgan fingerprint density at radius 1 is 1.07 bits per heavy atom. The molecule has 0 saturated carbocycles. The molecule has 150 valence electrons. The summed E-state index contributed by atoms with van der Waals surface area (Å²) < 4.78 is 14.0. The topological polar surface area (TPSA) is 56.4 Å². The fourth-order valence-electron chi connectivity index (χ4n) is 3.81. The van der Waals surface area contributed by atoms with E-state index in [1.54, 1.807) is 11.1 Å². The molecule has 1 amide bonds. The number of hydrogen-bond donors (Lipinski definition) is 1. The number of carbonyl (C=O) groups excluding carboxylic acids is 2. The van der Waals surface area contributed by atoms with Crippen LogP contribution in [0.25, 0.3) is 10.9 Å². The van der Waals surface area contributed by atoms with Gasteiger partial charge in [-0.15, -0.1) is 0 Å². The molecular formula is C22H21ClFN3O2. The number of hydrogen-bond acceptors (Lipinski definition) is 3. The highest BCUT2D eigenvalue weighted by molar-refractivity contribution is 6.31. The van der Waals surface area contributed by atoms with Crippen molar-refractivity contribution in [1.82, 2.24) is 14.8 Å². The number of nitrogens with one attached hydrogen (secondary N) is 1. The van der Waals surface area contributed by atoms with E-state index >= 15 is 0 Å². The number of carbonyl (C=O) groups is 2. The number of para-hydroxylation sites is 1. The summed E-state index contributed by atoms with van der Waals surface area (Å²) in [4.78, 5) is 32.5. The highest BCUT2D eigenvalue weighted by atomic mass is 35.5. The summed E-state index contributed by atoms with van der Waals surface area (Å²) in [7, 11) is 0. The van der Waals surface area contributed by atoms with Crippen LogP contribution in [0, 0.1) is 5.82 Å². The second-order valence-electron chi connectivity index (χ2n) is 7.24. The van der Waals surface area contributed by atoms with Gasteiger partial charge in [-0.1, -0.05) is 29.8 Å². The molecule has 1 atom stereocenters. The molecule has 4 rings (SSSR count). The van der Waals surface area contributed by atoms with Crippen LogP contribution >= 0.6 is 11.6 Å². The van der Waals surface area contributed by atoms with Gasteiger partial charge in [0.25, 0.3) is 5.91 Å². The van der Waals surface area contributed by atoms with Crippen molar-refractivity contribution in [3.05, 3.63) is 70.6 Å². The molecule has 1 N–H and O–H groups in total. The van der Waals surface area contributed by atoms with Crippen LogP contribution in [-0.2, 0) is 0 Å². The van der Waals surface area contributed by atoms with Crippen molar-refractivity contribution in [3.8, 4) is 0 Å². The maximum absolute atomic E-state index is 14.0. The lowest BCUT2D eigenvalue weighted by Gasteiger charge is -2.37. The Bertz CT molecular complexity index is 1070. The first-order chi connectivity index (χ1) is 14.0. The van der Waals surface area contributed by atoms with Crippen molar-refractivity contribution in [2.45, 2.75) is 13.0 Å². The fraction of sp³-hybridized carbons (Fsp3) is 0.273. The Labute approximate surface area is 173 Å². The zero-order chi connectivity index (χ0) is 20.5. The number of H-pyrrole nitrogens is 1. The normalized spacial score (nSPS) is 16.2. The number of aromatic amines is 1. The molecule has 0 spiro atoms. The monoisotopic (exact) mass is 413 g/mol. The maximum atomic E-state index is 14.0. The summed E-state index contributed by atoms with van der Waals surface area (Å²) >= 11 is 5.90. The van der Waals surface area contributed by atoms with Gasteiger partial charge in [-0.3, -0.25) is 14.5 Å². The Hall–Kier alpha value is -2.70. The minimum atomic E-state index is -0.579. The standard InChI is InChI=1S/C22H21ClFN3O2/c1-14(21(28)18-13-25-20-5-3-2-4-16(18)20)26-8-10-27(11-9-26)22(29)17-12-15(23)6-7-19(17)24/h2-7,12-14,25H,8-11H2,1H3. The number of aromatic nitrogens is 1. The van der Waals surface area contributed by atoms with Crippen LogP contribution in [0.2, 0.25) is 5.02 Å². The zero-order valence-corrected chi connectivity index (χ0v) is 16.7. The van der Waals surface area contributed by atoms with Crippen LogP contribution in [0.1, 0.15) is 27.6 Å². The van der Waals surface area contributed by atoms with Crippen molar-refractivity contribution in [2.24, 2.45) is 0 Å². The van der Waals surface area contributed by atoms with Crippen LogP contribution < -0.4 is 0 Å². The van der Waals surface area contributed by atoms with Gasteiger partial charge in [-0.05, 0) is 31.2 Å². The van der Waals surface area contributed by atoms with E-state index < -0.39 is 5.82 Å². The van der Waals surface area contributed by atoms with Gasteiger partial charge in [0, 0.05) is 53.9 Å². The first kappa shape index (κ1) is 19.6. The molecule has 1 saturated heterocycles. The predicted octanol–water partition coefficient (Wildman–Crippen LogP) is 3.99. The Balaban J connectivity index is 1.43. The van der Waals surface area contributed by atoms with E-state index in [2.05, 4.69) is 9.88 Å². The highest BCUT2D eigenvalue weighted by Crippen LogP contribution is 2.22. The molecule has 3 aromatic rings. The van der Waals surface area contributed by atoms with Crippen molar-refractivity contribution in [1.29, 1.82) is 0 Å². The smallest absolute Gasteiger partial charge is 0.256 e. The van der Waals surface area contributed by atoms with Gasteiger partial charge >= 0.3 is 0 Å². The van der Waals surface area contributed by atoms with E-state index in [9.17, 15) is 14.0 Å². The first-order valence-corrected chi connectivity index (χ1v) is 9.92. The van der Waals surface area contributed by atoms with Gasteiger partial charge in [-0.2, -0.15) is 0 Å². The average Bonchev–Trinajstić information content (AvgIpc) is 3.18. The third-order valence-electron chi connectivity index (χ3n) is 5.54. The molecule has 29 heavy (non-hydrogen) atoms. The molecule has 1 aliphatic rings. The summed E-state index contributed by atoms with van der Waals surface area (Å²) in [6.07, 6.45) is 1.76. The Morgan fingerprint density at radius 3 is 2.55 bits per heavy atom. The highest BCUT2D eigenvalue weighted by Gasteiger charge is 2.30. The number of Topliss-reactive ketones (excluding diaryl/α,β-unsaturated/α-hetero) is 1. The van der Waals surface area contributed by atoms with Crippen molar-refractivity contribution >= 4 is 34.2 Å². The Kier molecular flexibility index (Phi) is 5.39. The van der Waals surface area contributed by atoms with Gasteiger partial charge in [-0.25, -0.2) is 4.39 Å². The zero-order valence-electron chi connectivity index (χ0n) is 16.0. The second kappa shape index (κ2) is 7.97. The third kappa shape index (κ3) is 3.78. The number of nitrogens with zero attached hydrogens (tertiary/aromatic N) is 2. The minimum Gasteiger partial charge on any atom is -0.360 e. The van der Waals surface area contributed by atoms with Gasteiger partial charge in [0.15, 0.2) is 5.78 Å². The van der Waals surface area contributed by atoms with Crippen molar-refractivity contribution in [2.75, 3.05) is 26.2 Å². The van der Waals surface area contributed by atoms with E-state index in [1.807, 2.05) is 31.2 Å². The van der Waals surface area contributed by atoms with Crippen molar-refractivity contribution < 1.29 is 14.0 Å². The van der Waals surface area contributed by atoms with E-state index in [4.69, 9.17) is 11.6 Å². The molecule has 0 aliphatic carbocycles. The molecule has 1 fully saturated rings. The summed E-state index contributed by atoms with van der Waals surface area (Å²) in [5.41, 5.74) is 1.59. The largest absolute Gasteiger partial charge is 0.360 e. The minimum absolute atomic E-state index is 0.0196. The molecule has 2 heterocycles. The van der Waals surface area contributed by atoms with Crippen LogP contribution in [0.5, 0.6) is 0 Å². The van der Waals surface area contributed by atoms with E-state index in [1.165, 1.54) is 18.2 Å². The van der Waals surface area contributed by atoms with E-state index in [0.29, 0.717) is 36.8 Å². The van der Waals surface area contributed by atoms with Gasteiger partial charge in [0.1, 0.15) is 5.82 Å². The number of piperazine rings is 1. The summed E-state index contributed by atoms with van der Waals surface area (Å²) in [5.74, 6) is -0.909. The number of fused-ring (bicyclic) bond motifs is 1. The van der Waals surface area contributed by atoms with Crippen molar-refractivity contribution in [3.63, 3.8) is 0 Å². The number of ketones is 1. The Morgan fingerprint density at radius 2 is 1.79 bits per heavy atom. The number of benzene rings is 2. The van der Waals surface area contributed by atoms with Crippen LogP contribution in [0.15, 0.2) is 48.7 Å². The molecule has 0 bridgehead atoms. The summed E-state index contributed by atoms with van der Waals surface area (Å²) in [6.45, 7) is 3.83. The average molecular weight is 414 g/mol. The molecule has 7 heteroatoms. The number of amides is 1. The molecule has 1 unspecified atom stereocenters. The predicted molar refractivity (Wildman–Crippen MR) is 111 cm³/mol. The van der Waals surface area contributed by atoms with Crippen LogP contribution in [-0.4, -0.2) is 58.7 Å². The quantitative estimate of drug-likeness (QED) is 0.658. The SMILES string of the molecule is CC(C(=O)c1c[nH]c2ccccc12)N1CCN(C(=O)c2cc(Cl)ccc2F)CC1. The molecule has 1 aliphatic heterocycles. The molecule has 1 aromatic heterocycles. The van der Waals surface area contributed by atoms with E-state index in [-0.39, 0.29) is 23.3 Å². The van der Waals surface area contributed by atoms with E-state index in [0.717, 1.165) is 10.9 Å². The van der Waals surface area contributed by atoms with Crippen LogP contribution in [0.4, 0.5) is 4.39 Å². The molecule has 5 nitrogen and oxygen atoms in total. The van der Waals surface area contributed by atoms with Gasteiger partial charge < -0.3 is 9.88 Å². The maximum Gasteiger partial charge on any atom is 0.256 e. The first-order valence-electron chi connectivity index (χ1n) is 9.54. The van der Waals surface area contributed by atoms with Crippen LogP contribution in [0.3, 0.4) is 0 Å². The summed E-state index contributed by atoms with van der Waals surface area (Å²) in [5, 5.41) is 1.24. The van der Waals surface area contributed by atoms with Gasteiger partial charge in [0.2, 0.25) is 0 Å². The summed E-state index contributed by atoms with van der Waals surface area (Å²) in [6, 6.07) is 11.4. The number of halogens is 2. The lowest BCUT2D eigenvalue weighted by molar-refractivity contribution is 0.0549. The third-order valence-corrected chi connectivity index (χ3v) is 5.78. The molecular weight excluding hydrogens is 393 g/mol. The molecule has 0 radical (unpaired) electrons. The van der Waals surface area contributed by atoms with Gasteiger partial charge in [0.05, 0.1) is 11.6 Å². The number of rotatable bonds is 4. The fourth-order valence-corrected chi connectivity index (χ4v) is 3.98. The molecule has 2 aromatic carbocycles. The lowest BCUT2D eigenvalue weighted by Crippen LogP contribution is -2.53. The second-order valence-corrected chi connectivity index (χ2v) is 7.68.